The third kappa shape index (κ3) is 9.00. The number of nitrogens with one attached hydrogen (secondary N) is 3. The first kappa shape index (κ1) is 36.2. The van der Waals surface area contributed by atoms with Crippen LogP contribution in [0, 0.1) is 18.3 Å². The summed E-state index contributed by atoms with van der Waals surface area (Å²) < 4.78 is 27.7. The number of benzene rings is 1. The molecule has 1 heterocycles. The van der Waals surface area contributed by atoms with Gasteiger partial charge in [0.15, 0.2) is 0 Å². The Bertz CT molecular complexity index is 1410. The van der Waals surface area contributed by atoms with E-state index in [1.165, 1.54) is 24.0 Å². The fourth-order valence-corrected chi connectivity index (χ4v) is 6.79. The molecule has 0 saturated heterocycles. The highest BCUT2D eigenvalue weighted by atomic mass is 32.2. The summed E-state index contributed by atoms with van der Waals surface area (Å²) in [5, 5.41) is 8.12. The second-order valence-electron chi connectivity index (χ2n) is 13.0. The van der Waals surface area contributed by atoms with Crippen molar-refractivity contribution >= 4 is 39.1 Å². The molecule has 3 amide bonds. The third-order valence-corrected chi connectivity index (χ3v) is 10.2. The Morgan fingerprint density at radius 1 is 0.977 bits per heavy atom. The van der Waals surface area contributed by atoms with Crippen molar-refractivity contribution in [2.45, 2.75) is 90.7 Å². The van der Waals surface area contributed by atoms with Crippen LogP contribution < -0.4 is 15.4 Å². The zero-order valence-electron chi connectivity index (χ0n) is 27.2. The number of hydrogen-bond donors (Lipinski definition) is 3. The van der Waals surface area contributed by atoms with Gasteiger partial charge in [0.25, 0.3) is 15.9 Å². The molecule has 0 bridgehead atoms. The monoisotopic (exact) mass is 632 g/mol. The van der Waals surface area contributed by atoms with E-state index in [9.17, 15) is 22.8 Å². The van der Waals surface area contributed by atoms with Crippen LogP contribution in [0.5, 0.6) is 0 Å². The molecule has 0 aliphatic rings. The largest absolute Gasteiger partial charge is 0.342 e. The summed E-state index contributed by atoms with van der Waals surface area (Å²) in [6, 6.07) is 8.11. The van der Waals surface area contributed by atoms with Gasteiger partial charge in [0, 0.05) is 22.9 Å². The van der Waals surface area contributed by atoms with E-state index in [1.807, 2.05) is 72.9 Å². The summed E-state index contributed by atoms with van der Waals surface area (Å²) in [6.45, 7) is 16.8. The van der Waals surface area contributed by atoms with Gasteiger partial charge in [-0.25, -0.2) is 13.1 Å². The molecule has 3 atom stereocenters. The molecule has 0 radical (unpaired) electrons. The number of hydrogen-bond acceptors (Lipinski definition) is 7. The summed E-state index contributed by atoms with van der Waals surface area (Å²) in [5.74, 6) is -1.51. The van der Waals surface area contributed by atoms with Crippen LogP contribution in [0.4, 0.5) is 0 Å². The van der Waals surface area contributed by atoms with Crippen LogP contribution in [0.25, 0.3) is 0 Å². The van der Waals surface area contributed by atoms with Crippen molar-refractivity contribution in [1.82, 2.24) is 20.3 Å². The highest BCUT2D eigenvalue weighted by Crippen LogP contribution is 2.32. The predicted molar refractivity (Wildman–Crippen MR) is 173 cm³/mol. The molecule has 43 heavy (non-hydrogen) atoms. The van der Waals surface area contributed by atoms with Crippen molar-refractivity contribution in [2.75, 3.05) is 14.1 Å². The van der Waals surface area contributed by atoms with E-state index in [0.717, 1.165) is 10.4 Å². The molecule has 2 aromatic rings. The fourth-order valence-electron chi connectivity index (χ4n) is 4.89. The predicted octanol–water partition coefficient (Wildman–Crippen LogP) is 4.39. The highest BCUT2D eigenvalue weighted by Gasteiger charge is 2.42. The van der Waals surface area contributed by atoms with Gasteiger partial charge < -0.3 is 15.5 Å². The van der Waals surface area contributed by atoms with Crippen molar-refractivity contribution in [3.05, 3.63) is 63.9 Å². The van der Waals surface area contributed by atoms with Gasteiger partial charge in [0.1, 0.15) is 6.04 Å². The van der Waals surface area contributed by atoms with E-state index in [1.54, 1.807) is 43.6 Å². The maximum atomic E-state index is 14.0. The zero-order valence-corrected chi connectivity index (χ0v) is 28.9. The Hall–Kier alpha value is -3.02. The molecule has 0 unspecified atom stereocenters. The van der Waals surface area contributed by atoms with Gasteiger partial charge in [0.05, 0.1) is 17.0 Å². The molecule has 238 valence electrons. The number of amides is 3. The van der Waals surface area contributed by atoms with Crippen molar-refractivity contribution in [2.24, 2.45) is 11.3 Å². The molecule has 0 aliphatic carbocycles. The zero-order chi connectivity index (χ0) is 32.9. The number of aryl methyl sites for hydroxylation is 1. The number of sulfonamides is 1. The lowest BCUT2D eigenvalue weighted by Gasteiger charge is -2.39. The Kier molecular flexibility index (Phi) is 11.9. The second-order valence-corrected chi connectivity index (χ2v) is 15.6. The Balaban J connectivity index is 2.32. The molecule has 0 spiro atoms. The molecule has 0 fully saturated rings. The van der Waals surface area contributed by atoms with E-state index in [2.05, 4.69) is 15.4 Å². The van der Waals surface area contributed by atoms with Crippen LogP contribution in [0.2, 0.25) is 0 Å². The lowest BCUT2D eigenvalue weighted by molar-refractivity contribution is -0.140. The fraction of sp³-hybridized carbons (Fsp3) is 0.531. The number of rotatable bonds is 12. The van der Waals surface area contributed by atoms with Crippen LogP contribution in [0.1, 0.15) is 65.8 Å². The smallest absolute Gasteiger partial charge is 0.264 e. The van der Waals surface area contributed by atoms with Gasteiger partial charge in [-0.15, -0.1) is 11.3 Å². The van der Waals surface area contributed by atoms with Crippen molar-refractivity contribution in [1.29, 1.82) is 0 Å². The molecule has 1 aromatic heterocycles. The van der Waals surface area contributed by atoms with Crippen LogP contribution in [-0.4, -0.2) is 63.3 Å². The molecule has 1 aromatic carbocycles. The molecule has 9 nitrogen and oxygen atoms in total. The van der Waals surface area contributed by atoms with E-state index in [4.69, 9.17) is 0 Å². The van der Waals surface area contributed by atoms with Gasteiger partial charge in [-0.1, -0.05) is 78.3 Å². The summed E-state index contributed by atoms with van der Waals surface area (Å²) in [6.07, 6.45) is 1.60. The van der Waals surface area contributed by atoms with Crippen LogP contribution in [0.15, 0.2) is 58.3 Å². The minimum atomic E-state index is -4.07. The summed E-state index contributed by atoms with van der Waals surface area (Å²) in [7, 11) is -0.712. The maximum absolute atomic E-state index is 14.0. The van der Waals surface area contributed by atoms with E-state index >= 15 is 0 Å². The second kappa shape index (κ2) is 14.2. The summed E-state index contributed by atoms with van der Waals surface area (Å²) >= 11 is 1.57. The average Bonchev–Trinajstić information content (AvgIpc) is 3.45. The van der Waals surface area contributed by atoms with Gasteiger partial charge in [-0.05, 0) is 55.8 Å². The van der Waals surface area contributed by atoms with Crippen molar-refractivity contribution in [3.8, 4) is 0 Å². The number of likely N-dealkylation sites (N-methyl/N-ethyl adjacent to an activating group) is 2. The molecule has 0 aliphatic heterocycles. The topological polar surface area (TPSA) is 125 Å². The van der Waals surface area contributed by atoms with Crippen molar-refractivity contribution in [3.63, 3.8) is 0 Å². The lowest BCUT2D eigenvalue weighted by Crippen LogP contribution is -2.61. The SMILES string of the molecule is CN[C@H](C(=O)N[C@H](C(=O)N(C)[C@H](C=C(C)C(=O)NS(=O)(=O)c1ccc(C)cc1)C(C)C)C(C)(C)C)C(C)(C)c1cccs1. The Labute approximate surface area is 261 Å². The number of nitrogens with zero attached hydrogens (tertiary/aromatic N) is 1. The summed E-state index contributed by atoms with van der Waals surface area (Å²) in [5.41, 5.74) is -0.118. The third-order valence-electron chi connectivity index (χ3n) is 7.64. The Morgan fingerprint density at radius 2 is 1.56 bits per heavy atom. The van der Waals surface area contributed by atoms with E-state index in [0.29, 0.717) is 0 Å². The van der Waals surface area contributed by atoms with Crippen LogP contribution >= 0.6 is 11.3 Å². The molecule has 3 N–H and O–H groups in total. The van der Waals surface area contributed by atoms with Gasteiger partial charge in [-0.2, -0.15) is 0 Å². The minimum absolute atomic E-state index is 0.0159. The van der Waals surface area contributed by atoms with Gasteiger partial charge in [0.2, 0.25) is 11.8 Å². The first-order chi connectivity index (χ1) is 19.7. The Morgan fingerprint density at radius 3 is 2.02 bits per heavy atom. The first-order valence-corrected chi connectivity index (χ1v) is 16.7. The number of carbonyl (C=O) groups excluding carboxylic acids is 3. The van der Waals surface area contributed by atoms with Crippen LogP contribution in [-0.2, 0) is 29.8 Å². The van der Waals surface area contributed by atoms with Gasteiger partial charge >= 0.3 is 0 Å². The molecule has 2 rings (SSSR count). The normalized spacial score (nSPS) is 15.0. The molecule has 11 heteroatoms. The first-order valence-electron chi connectivity index (χ1n) is 14.3. The number of carbonyl (C=O) groups is 3. The highest BCUT2D eigenvalue weighted by molar-refractivity contribution is 7.90. The standard InChI is InChI=1S/C32H48N4O5S2/c1-20(2)24(19-22(4)28(37)35-43(40,41)23-16-14-21(3)15-17-23)36(11)30(39)27(31(5,6)7)34-29(38)26(33-10)32(8,9)25-13-12-18-42-25/h12-20,24,26-27,33H,1-11H3,(H,34,38)(H,35,37)/t24-,26-,27-/m1/s1. The molecule has 0 saturated carbocycles. The van der Waals surface area contributed by atoms with Gasteiger partial charge in [-0.3, -0.25) is 14.4 Å². The molecular formula is C32H48N4O5S2. The van der Waals surface area contributed by atoms with Crippen molar-refractivity contribution < 1.29 is 22.8 Å². The van der Waals surface area contributed by atoms with E-state index < -0.39 is 44.9 Å². The maximum Gasteiger partial charge on any atom is 0.264 e. The average molecular weight is 633 g/mol. The van der Waals surface area contributed by atoms with Crippen LogP contribution in [0.3, 0.4) is 0 Å². The number of thiophene rings is 1. The summed E-state index contributed by atoms with van der Waals surface area (Å²) in [4.78, 5) is 43.2. The van der Waals surface area contributed by atoms with E-state index in [-0.39, 0.29) is 28.2 Å². The minimum Gasteiger partial charge on any atom is -0.342 e. The lowest BCUT2D eigenvalue weighted by atomic mass is 9.80. The molecular weight excluding hydrogens is 585 g/mol. The quantitative estimate of drug-likeness (QED) is 0.298.